The molecule has 1 aliphatic rings. The van der Waals surface area contributed by atoms with E-state index in [0.29, 0.717) is 24.4 Å². The van der Waals surface area contributed by atoms with Gasteiger partial charge in [0.1, 0.15) is 30.1 Å². The molecule has 0 aliphatic heterocycles. The zero-order valence-electron chi connectivity index (χ0n) is 17.0. The van der Waals surface area contributed by atoms with Crippen LogP contribution in [0.25, 0.3) is 0 Å². The molecule has 5 nitrogen and oxygen atoms in total. The van der Waals surface area contributed by atoms with E-state index in [1.54, 1.807) is 18.2 Å². The minimum absolute atomic E-state index is 0.00296. The number of hydrogen-bond acceptors (Lipinski definition) is 5. The number of esters is 1. The second kappa shape index (κ2) is 12.4. The summed E-state index contributed by atoms with van der Waals surface area (Å²) in [5.41, 5.74) is 0. The van der Waals surface area contributed by atoms with E-state index >= 15 is 0 Å². The lowest BCUT2D eigenvalue weighted by atomic mass is 9.89. The fourth-order valence-corrected chi connectivity index (χ4v) is 3.69. The average Bonchev–Trinajstić information content (AvgIpc) is 3.06. The molecule has 160 valence electrons. The number of hydrogen-bond donors (Lipinski definition) is 1. The van der Waals surface area contributed by atoms with Gasteiger partial charge >= 0.3 is 5.97 Å². The predicted molar refractivity (Wildman–Crippen MR) is 108 cm³/mol. The maximum atomic E-state index is 13.1. The quantitative estimate of drug-likeness (QED) is 0.319. The first-order valence-corrected chi connectivity index (χ1v) is 10.3. The fourth-order valence-electron chi connectivity index (χ4n) is 3.69. The second-order valence-electron chi connectivity index (χ2n) is 7.52. The van der Waals surface area contributed by atoms with E-state index in [-0.39, 0.29) is 30.2 Å². The Morgan fingerprint density at radius 2 is 2.10 bits per heavy atom. The maximum absolute atomic E-state index is 13.1. The van der Waals surface area contributed by atoms with Gasteiger partial charge in [-0.15, -0.1) is 0 Å². The number of halogens is 1. The molecule has 0 radical (unpaired) electrons. The molecule has 1 aromatic rings. The molecule has 1 fully saturated rings. The van der Waals surface area contributed by atoms with Gasteiger partial charge in [0.2, 0.25) is 0 Å². The zero-order valence-corrected chi connectivity index (χ0v) is 17.0. The third kappa shape index (κ3) is 8.36. The van der Waals surface area contributed by atoms with Gasteiger partial charge < -0.3 is 14.6 Å². The van der Waals surface area contributed by atoms with Crippen LogP contribution in [0.2, 0.25) is 0 Å². The Labute approximate surface area is 171 Å². The Morgan fingerprint density at radius 3 is 2.86 bits per heavy atom. The smallest absolute Gasteiger partial charge is 0.305 e. The number of aliphatic hydroxyl groups excluding tert-OH is 1. The Morgan fingerprint density at radius 1 is 1.31 bits per heavy atom. The lowest BCUT2D eigenvalue weighted by molar-refractivity contribution is -0.140. The van der Waals surface area contributed by atoms with Crippen molar-refractivity contribution in [1.29, 1.82) is 0 Å². The first-order chi connectivity index (χ1) is 14.0. The molecule has 0 unspecified atom stereocenters. The van der Waals surface area contributed by atoms with Crippen LogP contribution in [-0.4, -0.2) is 36.7 Å². The highest BCUT2D eigenvalue weighted by atomic mass is 19.1. The van der Waals surface area contributed by atoms with Crippen molar-refractivity contribution in [2.24, 2.45) is 11.8 Å². The number of allylic oxidation sites excluding steroid dienone is 1. The van der Waals surface area contributed by atoms with Gasteiger partial charge in [-0.05, 0) is 37.3 Å². The highest BCUT2D eigenvalue weighted by Crippen LogP contribution is 2.34. The zero-order chi connectivity index (χ0) is 21.1. The largest absolute Gasteiger partial charge is 0.490 e. The summed E-state index contributed by atoms with van der Waals surface area (Å²) in [6, 6.07) is 5.79. The predicted octanol–water partition coefficient (Wildman–Crippen LogP) is 4.23. The van der Waals surface area contributed by atoms with Crippen molar-refractivity contribution in [2.45, 2.75) is 57.5 Å². The van der Waals surface area contributed by atoms with Crippen LogP contribution in [0.5, 0.6) is 5.75 Å². The standard InChI is InChI=1S/C23H31FO5/c1-28-23(27)10-5-3-2-4-9-21-17(12-14-22(21)26)11-13-19(25)16-29-20-8-6-7-18(24)15-20/h6-8,11,13,15,17,19,21,25H,2-5,9-10,12,14,16H2,1H3/b13-11+/t17-,19-,21+/m0/s1. The van der Waals surface area contributed by atoms with Gasteiger partial charge in [-0.2, -0.15) is 0 Å². The summed E-state index contributed by atoms with van der Waals surface area (Å²) in [6.45, 7) is 0.0332. The molecule has 29 heavy (non-hydrogen) atoms. The van der Waals surface area contributed by atoms with E-state index in [4.69, 9.17) is 4.74 Å². The van der Waals surface area contributed by atoms with Crippen LogP contribution in [0, 0.1) is 17.7 Å². The number of methoxy groups -OCH3 is 1. The molecule has 0 heterocycles. The molecule has 3 atom stereocenters. The van der Waals surface area contributed by atoms with Crippen LogP contribution in [0.3, 0.4) is 0 Å². The molecule has 1 aliphatic carbocycles. The van der Waals surface area contributed by atoms with E-state index in [2.05, 4.69) is 4.74 Å². The van der Waals surface area contributed by atoms with Gasteiger partial charge in [-0.3, -0.25) is 9.59 Å². The third-order valence-electron chi connectivity index (χ3n) is 5.33. The number of Topliss-reactive ketones (excluding diaryl/α,β-unsaturated/α-hetero) is 1. The summed E-state index contributed by atoms with van der Waals surface area (Å²) in [7, 11) is 1.40. The van der Waals surface area contributed by atoms with Crippen LogP contribution in [0.4, 0.5) is 4.39 Å². The average molecular weight is 406 g/mol. The highest BCUT2D eigenvalue weighted by molar-refractivity contribution is 5.83. The normalized spacial score (nSPS) is 20.2. The summed E-state index contributed by atoms with van der Waals surface area (Å²) >= 11 is 0. The van der Waals surface area contributed by atoms with Crippen molar-refractivity contribution < 1.29 is 28.6 Å². The van der Waals surface area contributed by atoms with Crippen molar-refractivity contribution in [2.75, 3.05) is 13.7 Å². The lowest BCUT2D eigenvalue weighted by Crippen LogP contribution is -2.17. The molecular formula is C23H31FO5. The van der Waals surface area contributed by atoms with Crippen LogP contribution in [-0.2, 0) is 14.3 Å². The second-order valence-corrected chi connectivity index (χ2v) is 7.52. The van der Waals surface area contributed by atoms with Gasteiger partial charge in [-0.25, -0.2) is 4.39 Å². The SMILES string of the molecule is COC(=O)CCCCCC[C@H]1C(=O)CC[C@@H]1/C=C/[C@H](O)COc1cccc(F)c1. The third-order valence-corrected chi connectivity index (χ3v) is 5.33. The fraction of sp³-hybridized carbons (Fsp3) is 0.565. The number of benzene rings is 1. The Bertz CT molecular complexity index is 688. The molecule has 0 bridgehead atoms. The first-order valence-electron chi connectivity index (χ1n) is 10.3. The Kier molecular flexibility index (Phi) is 9.84. The number of ketones is 1. The van der Waals surface area contributed by atoms with Crippen LogP contribution in [0.15, 0.2) is 36.4 Å². The Hall–Kier alpha value is -2.21. The van der Waals surface area contributed by atoms with Crippen LogP contribution in [0.1, 0.15) is 51.4 Å². The molecule has 6 heteroatoms. The number of aliphatic hydroxyl groups is 1. The van der Waals surface area contributed by atoms with Crippen molar-refractivity contribution in [3.05, 3.63) is 42.2 Å². The van der Waals surface area contributed by atoms with E-state index in [0.717, 1.165) is 38.5 Å². The molecule has 2 rings (SSSR count). The summed E-state index contributed by atoms with van der Waals surface area (Å²) in [5, 5.41) is 10.1. The first kappa shape index (κ1) is 23.1. The van der Waals surface area contributed by atoms with Gasteiger partial charge in [0.15, 0.2) is 0 Å². The number of unbranched alkanes of at least 4 members (excludes halogenated alkanes) is 3. The Balaban J connectivity index is 1.70. The maximum Gasteiger partial charge on any atom is 0.305 e. The molecule has 0 amide bonds. The van der Waals surface area contributed by atoms with Gasteiger partial charge in [-0.1, -0.05) is 37.5 Å². The van der Waals surface area contributed by atoms with Gasteiger partial charge in [0.05, 0.1) is 7.11 Å². The summed E-state index contributed by atoms with van der Waals surface area (Å²) in [5.74, 6) is 0.245. The van der Waals surface area contributed by atoms with Crippen molar-refractivity contribution in [3.8, 4) is 5.75 Å². The number of ether oxygens (including phenoxy) is 2. The molecule has 0 saturated heterocycles. The summed E-state index contributed by atoms with van der Waals surface area (Å²) in [6.07, 6.45) is 9.15. The molecular weight excluding hydrogens is 375 g/mol. The van der Waals surface area contributed by atoms with Crippen molar-refractivity contribution >= 4 is 11.8 Å². The highest BCUT2D eigenvalue weighted by Gasteiger charge is 2.32. The van der Waals surface area contributed by atoms with Gasteiger partial charge in [0, 0.05) is 24.8 Å². The van der Waals surface area contributed by atoms with Gasteiger partial charge in [0.25, 0.3) is 0 Å². The van der Waals surface area contributed by atoms with E-state index < -0.39 is 6.10 Å². The van der Waals surface area contributed by atoms with Crippen molar-refractivity contribution in [1.82, 2.24) is 0 Å². The summed E-state index contributed by atoms with van der Waals surface area (Å²) < 4.78 is 23.2. The van der Waals surface area contributed by atoms with E-state index in [1.165, 1.54) is 19.2 Å². The topological polar surface area (TPSA) is 72.8 Å². The molecule has 1 N–H and O–H groups in total. The monoisotopic (exact) mass is 406 g/mol. The number of carbonyl (C=O) groups excluding carboxylic acids is 2. The van der Waals surface area contributed by atoms with E-state index in [9.17, 15) is 19.1 Å². The van der Waals surface area contributed by atoms with Crippen LogP contribution < -0.4 is 4.74 Å². The number of rotatable bonds is 12. The minimum Gasteiger partial charge on any atom is -0.490 e. The van der Waals surface area contributed by atoms with Crippen molar-refractivity contribution in [3.63, 3.8) is 0 Å². The molecule has 1 aromatic carbocycles. The molecule has 0 spiro atoms. The van der Waals surface area contributed by atoms with E-state index in [1.807, 2.05) is 6.08 Å². The minimum atomic E-state index is -0.812. The summed E-state index contributed by atoms with van der Waals surface area (Å²) in [4.78, 5) is 23.3. The lowest BCUT2D eigenvalue weighted by Gasteiger charge is -2.16. The van der Waals surface area contributed by atoms with Crippen LogP contribution >= 0.6 is 0 Å². The number of carbonyl (C=O) groups is 2. The molecule has 0 aromatic heterocycles. The molecule has 1 saturated carbocycles.